The molecule has 0 aliphatic carbocycles. The van der Waals surface area contributed by atoms with Crippen LogP contribution in [0.1, 0.15) is 17.3 Å². The van der Waals surface area contributed by atoms with Crippen molar-refractivity contribution in [3.8, 4) is 5.75 Å². The first-order valence-electron chi connectivity index (χ1n) is 8.04. The largest absolute Gasteiger partial charge is 0.493 e. The average molecular weight is 337 g/mol. The van der Waals surface area contributed by atoms with E-state index in [-0.39, 0.29) is 12.5 Å². The van der Waals surface area contributed by atoms with Crippen LogP contribution in [-0.2, 0) is 11.3 Å². The van der Waals surface area contributed by atoms with Crippen molar-refractivity contribution in [3.05, 3.63) is 66.4 Å². The molecule has 6 nitrogen and oxygen atoms in total. The number of amides is 2. The highest BCUT2D eigenvalue weighted by atomic mass is 16.5. The third kappa shape index (κ3) is 3.80. The second kappa shape index (κ2) is 7.53. The minimum atomic E-state index is -0.422. The van der Waals surface area contributed by atoms with Gasteiger partial charge in [-0.25, -0.2) is 0 Å². The molecule has 0 spiro atoms. The first-order valence-corrected chi connectivity index (χ1v) is 8.04. The summed E-state index contributed by atoms with van der Waals surface area (Å²) < 4.78 is 7.25. The molecule has 0 aliphatic rings. The van der Waals surface area contributed by atoms with Gasteiger partial charge in [0, 0.05) is 11.7 Å². The third-order valence-corrected chi connectivity index (χ3v) is 3.74. The Bertz CT molecular complexity index is 902. The summed E-state index contributed by atoms with van der Waals surface area (Å²) >= 11 is 0. The molecule has 1 aromatic heterocycles. The molecule has 0 fully saturated rings. The van der Waals surface area contributed by atoms with Gasteiger partial charge < -0.3 is 9.30 Å². The Labute approximate surface area is 145 Å². The van der Waals surface area contributed by atoms with Gasteiger partial charge in [-0.3, -0.25) is 20.4 Å². The number of nitrogens with zero attached hydrogens (tertiary/aromatic N) is 1. The van der Waals surface area contributed by atoms with Crippen LogP contribution in [0.3, 0.4) is 0 Å². The Morgan fingerprint density at radius 2 is 1.76 bits per heavy atom. The lowest BCUT2D eigenvalue weighted by Gasteiger charge is -2.11. The minimum Gasteiger partial charge on any atom is -0.493 e. The number of carbonyl (C=O) groups excluding carboxylic acids is 2. The molecule has 0 aliphatic heterocycles. The van der Waals surface area contributed by atoms with Gasteiger partial charge in [-0.2, -0.15) is 0 Å². The molecule has 0 saturated carbocycles. The number of para-hydroxylation sites is 2. The summed E-state index contributed by atoms with van der Waals surface area (Å²) in [5.41, 5.74) is 6.20. The minimum absolute atomic E-state index is 0.112. The van der Waals surface area contributed by atoms with Crippen LogP contribution in [0.5, 0.6) is 5.75 Å². The monoisotopic (exact) mass is 337 g/mol. The Morgan fingerprint density at radius 3 is 2.60 bits per heavy atom. The molecule has 128 valence electrons. The molecule has 0 saturated heterocycles. The van der Waals surface area contributed by atoms with Gasteiger partial charge in [0.1, 0.15) is 12.3 Å². The van der Waals surface area contributed by atoms with Gasteiger partial charge in [-0.1, -0.05) is 30.3 Å². The Hall–Kier alpha value is -3.28. The molecular formula is C19H19N3O3. The van der Waals surface area contributed by atoms with E-state index >= 15 is 0 Å². The van der Waals surface area contributed by atoms with E-state index in [9.17, 15) is 9.59 Å². The topological polar surface area (TPSA) is 72.4 Å². The average Bonchev–Trinajstić information content (AvgIpc) is 3.03. The van der Waals surface area contributed by atoms with Gasteiger partial charge in [-0.05, 0) is 36.6 Å². The smallest absolute Gasteiger partial charge is 0.273 e. The number of hydrogen-bond acceptors (Lipinski definition) is 3. The quantitative estimate of drug-likeness (QED) is 0.703. The van der Waals surface area contributed by atoms with Crippen molar-refractivity contribution < 1.29 is 14.3 Å². The summed E-state index contributed by atoms with van der Waals surface area (Å²) in [6.45, 7) is 2.41. The fourth-order valence-corrected chi connectivity index (χ4v) is 2.60. The Balaban J connectivity index is 1.62. The standard InChI is InChI=1S/C19H19N3O3/c1-2-25-17-10-6-4-8-15(17)19(24)21-20-18(23)13-22-12-11-14-7-3-5-9-16(14)22/h3-12H,2,13H2,1H3,(H,20,23)(H,21,24). The van der Waals surface area contributed by atoms with Crippen molar-refractivity contribution in [2.24, 2.45) is 0 Å². The number of hydrazine groups is 1. The van der Waals surface area contributed by atoms with Crippen LogP contribution in [0.25, 0.3) is 10.9 Å². The predicted molar refractivity (Wildman–Crippen MR) is 95.2 cm³/mol. The molecule has 6 heteroatoms. The summed E-state index contributed by atoms with van der Waals surface area (Å²) in [7, 11) is 0. The molecule has 3 aromatic rings. The summed E-state index contributed by atoms with van der Waals surface area (Å²) in [6.07, 6.45) is 1.84. The predicted octanol–water partition coefficient (Wildman–Crippen LogP) is 2.50. The zero-order chi connectivity index (χ0) is 17.6. The van der Waals surface area contributed by atoms with Crippen molar-refractivity contribution in [2.45, 2.75) is 13.5 Å². The lowest BCUT2D eigenvalue weighted by molar-refractivity contribution is -0.122. The number of nitrogens with one attached hydrogen (secondary N) is 2. The van der Waals surface area contributed by atoms with E-state index in [1.54, 1.807) is 24.3 Å². The second-order valence-corrected chi connectivity index (χ2v) is 5.43. The molecule has 3 rings (SSSR count). The van der Waals surface area contributed by atoms with Crippen LogP contribution in [0.2, 0.25) is 0 Å². The van der Waals surface area contributed by atoms with Crippen LogP contribution < -0.4 is 15.6 Å². The third-order valence-electron chi connectivity index (χ3n) is 3.74. The van der Waals surface area contributed by atoms with Crippen LogP contribution in [0, 0.1) is 0 Å². The summed E-state index contributed by atoms with van der Waals surface area (Å²) in [5, 5.41) is 1.06. The fourth-order valence-electron chi connectivity index (χ4n) is 2.60. The highest BCUT2D eigenvalue weighted by Gasteiger charge is 2.13. The zero-order valence-electron chi connectivity index (χ0n) is 13.9. The normalized spacial score (nSPS) is 10.4. The van der Waals surface area contributed by atoms with Crippen molar-refractivity contribution in [1.82, 2.24) is 15.4 Å². The number of ether oxygens (including phenoxy) is 1. The van der Waals surface area contributed by atoms with Crippen molar-refractivity contribution in [3.63, 3.8) is 0 Å². The van der Waals surface area contributed by atoms with Crippen LogP contribution in [0.15, 0.2) is 60.8 Å². The first kappa shape index (κ1) is 16.6. The highest BCUT2D eigenvalue weighted by molar-refractivity contribution is 5.97. The van der Waals surface area contributed by atoms with E-state index in [1.165, 1.54) is 0 Å². The van der Waals surface area contributed by atoms with Crippen molar-refractivity contribution >= 4 is 22.7 Å². The van der Waals surface area contributed by atoms with Crippen LogP contribution >= 0.6 is 0 Å². The van der Waals surface area contributed by atoms with Gasteiger partial charge in [0.05, 0.1) is 12.2 Å². The van der Waals surface area contributed by atoms with Crippen LogP contribution in [0.4, 0.5) is 0 Å². The van der Waals surface area contributed by atoms with E-state index < -0.39 is 5.91 Å². The molecule has 25 heavy (non-hydrogen) atoms. The van der Waals surface area contributed by atoms with Gasteiger partial charge in [0.15, 0.2) is 0 Å². The summed E-state index contributed by atoms with van der Waals surface area (Å²) in [5.74, 6) is -0.258. The molecule has 0 atom stereocenters. The Kier molecular flexibility index (Phi) is 4.99. The summed E-state index contributed by atoms with van der Waals surface area (Å²) in [6, 6.07) is 16.6. The van der Waals surface area contributed by atoms with E-state index in [1.807, 2.05) is 48.0 Å². The lowest BCUT2D eigenvalue weighted by atomic mass is 10.2. The SMILES string of the molecule is CCOc1ccccc1C(=O)NNC(=O)Cn1ccc2ccccc21. The second-order valence-electron chi connectivity index (χ2n) is 5.43. The molecule has 2 amide bonds. The maximum absolute atomic E-state index is 12.2. The van der Waals surface area contributed by atoms with E-state index in [2.05, 4.69) is 10.9 Å². The molecule has 0 bridgehead atoms. The number of aromatic nitrogens is 1. The Morgan fingerprint density at radius 1 is 1.00 bits per heavy atom. The van der Waals surface area contributed by atoms with Crippen LogP contribution in [-0.4, -0.2) is 23.0 Å². The molecule has 0 radical (unpaired) electrons. The zero-order valence-corrected chi connectivity index (χ0v) is 13.9. The lowest BCUT2D eigenvalue weighted by Crippen LogP contribution is -2.43. The molecule has 2 N–H and O–H groups in total. The van der Waals surface area contributed by atoms with E-state index in [4.69, 9.17) is 4.74 Å². The maximum atomic E-state index is 12.2. The van der Waals surface area contributed by atoms with E-state index in [0.29, 0.717) is 17.9 Å². The van der Waals surface area contributed by atoms with E-state index in [0.717, 1.165) is 10.9 Å². The number of fused-ring (bicyclic) bond motifs is 1. The fraction of sp³-hybridized carbons (Fsp3) is 0.158. The molecule has 0 unspecified atom stereocenters. The summed E-state index contributed by atoms with van der Waals surface area (Å²) in [4.78, 5) is 24.4. The number of rotatable bonds is 5. The van der Waals surface area contributed by atoms with Gasteiger partial charge >= 0.3 is 0 Å². The van der Waals surface area contributed by atoms with Crippen molar-refractivity contribution in [2.75, 3.05) is 6.61 Å². The number of benzene rings is 2. The maximum Gasteiger partial charge on any atom is 0.273 e. The molecule has 2 aromatic carbocycles. The molecule has 1 heterocycles. The van der Waals surface area contributed by atoms with Crippen molar-refractivity contribution in [1.29, 1.82) is 0 Å². The highest BCUT2D eigenvalue weighted by Crippen LogP contribution is 2.17. The molecular weight excluding hydrogens is 318 g/mol. The number of hydrogen-bond donors (Lipinski definition) is 2. The first-order chi connectivity index (χ1) is 12.2. The number of carbonyl (C=O) groups is 2. The van der Waals surface area contributed by atoms with Gasteiger partial charge in [-0.15, -0.1) is 0 Å². The van der Waals surface area contributed by atoms with Gasteiger partial charge in [0.25, 0.3) is 11.8 Å². The van der Waals surface area contributed by atoms with Gasteiger partial charge in [0.2, 0.25) is 0 Å².